The maximum Gasteiger partial charge on any atom is 0.160 e. The van der Waals surface area contributed by atoms with Crippen molar-refractivity contribution in [2.45, 2.75) is 0 Å². The Morgan fingerprint density at radius 2 is 0.850 bits per heavy atom. The smallest absolute Gasteiger partial charge is 0.160 e. The van der Waals surface area contributed by atoms with Crippen molar-refractivity contribution in [1.82, 2.24) is 29.1 Å². The molecule has 0 aliphatic heterocycles. The molecule has 0 saturated heterocycles. The van der Waals surface area contributed by atoms with E-state index in [4.69, 9.17) is 9.97 Å². The topological polar surface area (TPSA) is 61.4 Å². The van der Waals surface area contributed by atoms with Gasteiger partial charge in [-0.15, -0.1) is 0 Å². The second-order valence-corrected chi connectivity index (χ2v) is 15.2. The third-order valence-electron chi connectivity index (χ3n) is 11.7. The first kappa shape index (κ1) is 33.9. The fourth-order valence-electron chi connectivity index (χ4n) is 8.95. The van der Waals surface area contributed by atoms with Gasteiger partial charge in [0.15, 0.2) is 5.82 Å². The summed E-state index contributed by atoms with van der Waals surface area (Å²) in [4.78, 5) is 19.6. The third kappa shape index (κ3) is 5.50. The Kier molecular flexibility index (Phi) is 7.74. The van der Waals surface area contributed by atoms with Gasteiger partial charge < -0.3 is 9.13 Å². The fraction of sp³-hybridized carbons (Fsp3) is 0. The number of para-hydroxylation sites is 2. The summed E-state index contributed by atoms with van der Waals surface area (Å²) in [6, 6.07) is 64.3. The quantitative estimate of drug-likeness (QED) is 0.169. The lowest BCUT2D eigenvalue weighted by molar-refractivity contribution is 1.12. The molecule has 0 amide bonds. The molecule has 280 valence electrons. The van der Waals surface area contributed by atoms with Crippen molar-refractivity contribution >= 4 is 54.4 Å². The van der Waals surface area contributed by atoms with E-state index in [2.05, 4.69) is 183 Å². The van der Waals surface area contributed by atoms with E-state index in [0.29, 0.717) is 5.82 Å². The van der Waals surface area contributed by atoms with Crippen LogP contribution in [0.2, 0.25) is 0 Å². The molecule has 0 aliphatic carbocycles. The molecule has 12 rings (SSSR count). The maximum absolute atomic E-state index is 5.34. The molecule has 60 heavy (non-hydrogen) atoms. The predicted octanol–water partition coefficient (Wildman–Crippen LogP) is 13.3. The Morgan fingerprint density at radius 1 is 0.333 bits per heavy atom. The van der Waals surface area contributed by atoms with Gasteiger partial charge in [-0.05, 0) is 70.4 Å². The largest absolute Gasteiger partial charge is 0.309 e. The lowest BCUT2D eigenvalue weighted by atomic mass is 9.97. The Labute approximate surface area is 345 Å². The number of rotatable bonds is 6. The molecule has 0 bridgehead atoms. The van der Waals surface area contributed by atoms with Crippen LogP contribution in [0.15, 0.2) is 207 Å². The lowest BCUT2D eigenvalue weighted by Crippen LogP contribution is -2.01. The van der Waals surface area contributed by atoms with Crippen molar-refractivity contribution in [1.29, 1.82) is 0 Å². The normalized spacial score (nSPS) is 11.7. The lowest BCUT2D eigenvalue weighted by Gasteiger charge is -2.16. The van der Waals surface area contributed by atoms with E-state index in [0.717, 1.165) is 88.6 Å². The maximum atomic E-state index is 5.34. The molecule has 12 aromatic rings. The first-order valence-corrected chi connectivity index (χ1v) is 20.1. The van der Waals surface area contributed by atoms with Crippen LogP contribution in [0, 0.1) is 0 Å². The first-order valence-electron chi connectivity index (χ1n) is 20.1. The highest BCUT2D eigenvalue weighted by molar-refractivity contribution is 6.10. The second kappa shape index (κ2) is 13.7. The molecule has 0 N–H and O–H groups in total. The van der Waals surface area contributed by atoms with Crippen LogP contribution in [0.5, 0.6) is 0 Å². The molecular formula is C54H34N6. The first-order chi connectivity index (χ1) is 29.7. The van der Waals surface area contributed by atoms with Gasteiger partial charge in [0.25, 0.3) is 0 Å². The molecule has 0 radical (unpaired) electrons. The van der Waals surface area contributed by atoms with Crippen LogP contribution < -0.4 is 0 Å². The summed E-state index contributed by atoms with van der Waals surface area (Å²) in [5.41, 5.74) is 13.4. The second-order valence-electron chi connectivity index (χ2n) is 15.2. The molecule has 0 spiro atoms. The highest BCUT2D eigenvalue weighted by Crippen LogP contribution is 2.38. The summed E-state index contributed by atoms with van der Waals surface area (Å²) in [7, 11) is 0. The summed E-state index contributed by atoms with van der Waals surface area (Å²) in [5, 5.41) is 6.97. The van der Waals surface area contributed by atoms with Crippen molar-refractivity contribution in [2.24, 2.45) is 0 Å². The minimum absolute atomic E-state index is 0.666. The zero-order valence-corrected chi connectivity index (χ0v) is 32.3. The Hall–Kier alpha value is -8.22. The molecule has 6 heteroatoms. The van der Waals surface area contributed by atoms with Crippen LogP contribution in [0.1, 0.15) is 0 Å². The van der Waals surface area contributed by atoms with Gasteiger partial charge >= 0.3 is 0 Å². The molecule has 0 atom stereocenters. The number of hydrogen-bond acceptors (Lipinski definition) is 4. The van der Waals surface area contributed by atoms with Gasteiger partial charge in [0, 0.05) is 74.4 Å². The van der Waals surface area contributed by atoms with E-state index < -0.39 is 0 Å². The van der Waals surface area contributed by atoms with E-state index >= 15 is 0 Å². The summed E-state index contributed by atoms with van der Waals surface area (Å²) in [6.07, 6.45) is 7.67. The van der Waals surface area contributed by atoms with Crippen LogP contribution >= 0.6 is 0 Å². The van der Waals surface area contributed by atoms with E-state index in [-0.39, 0.29) is 0 Å². The number of nitrogens with zero attached hydrogens (tertiary/aromatic N) is 6. The van der Waals surface area contributed by atoms with Crippen LogP contribution in [-0.2, 0) is 0 Å². The van der Waals surface area contributed by atoms with Crippen LogP contribution in [-0.4, -0.2) is 29.1 Å². The minimum Gasteiger partial charge on any atom is -0.309 e. The molecular weight excluding hydrogens is 733 g/mol. The monoisotopic (exact) mass is 766 g/mol. The van der Waals surface area contributed by atoms with Crippen LogP contribution in [0.3, 0.4) is 0 Å². The summed E-state index contributed by atoms with van der Waals surface area (Å²) in [5.74, 6) is 0.666. The van der Waals surface area contributed by atoms with Gasteiger partial charge in [0.1, 0.15) is 0 Å². The van der Waals surface area contributed by atoms with Gasteiger partial charge in [-0.25, -0.2) is 9.97 Å². The molecule has 0 aliphatic rings. The van der Waals surface area contributed by atoms with Gasteiger partial charge in [0.2, 0.25) is 0 Å². The standard InChI is InChI=1S/C54H34N6/c1-2-12-38(13-3-1)54-57-48(37-23-21-36(22-24-37)43-18-10-14-35-11-4-5-15-42(35)43)32-49(58-54)39-29-40(59-50-19-8-6-16-44(50)46-33-55-27-25-52(46)59)31-41(30-39)60-51-20-9-7-17-45(51)47-34-56-28-26-53(47)60/h1-34H. The Balaban J connectivity index is 1.11. The molecule has 0 fully saturated rings. The molecule has 5 aromatic heterocycles. The molecule has 5 heterocycles. The predicted molar refractivity (Wildman–Crippen MR) is 246 cm³/mol. The van der Waals surface area contributed by atoms with Gasteiger partial charge in [-0.2, -0.15) is 0 Å². The average Bonchev–Trinajstić information content (AvgIpc) is 3.85. The van der Waals surface area contributed by atoms with E-state index in [9.17, 15) is 0 Å². The van der Waals surface area contributed by atoms with Gasteiger partial charge in [-0.3, -0.25) is 9.97 Å². The number of benzene rings is 7. The summed E-state index contributed by atoms with van der Waals surface area (Å²) >= 11 is 0. The van der Waals surface area contributed by atoms with Crippen molar-refractivity contribution < 1.29 is 0 Å². The molecule has 6 nitrogen and oxygen atoms in total. The minimum atomic E-state index is 0.666. The number of pyridine rings is 2. The van der Waals surface area contributed by atoms with Crippen molar-refractivity contribution in [2.75, 3.05) is 0 Å². The van der Waals surface area contributed by atoms with Crippen molar-refractivity contribution in [3.63, 3.8) is 0 Å². The number of aromatic nitrogens is 6. The number of hydrogen-bond donors (Lipinski definition) is 0. The zero-order chi connectivity index (χ0) is 39.6. The summed E-state index contributed by atoms with van der Waals surface area (Å²) < 4.78 is 4.70. The molecule has 7 aromatic carbocycles. The van der Waals surface area contributed by atoms with Crippen LogP contribution in [0.25, 0.3) is 111 Å². The Bertz CT molecular complexity index is 3360. The highest BCUT2D eigenvalue weighted by atomic mass is 15.0. The molecule has 0 saturated carbocycles. The SMILES string of the molecule is c1ccc(-c2nc(-c3ccc(-c4cccc5ccccc45)cc3)cc(-c3cc(-n4c5ccccc5c5cnccc54)cc(-n4c5ccccc5c5cnccc54)c3)n2)cc1. The molecule has 0 unspecified atom stereocenters. The third-order valence-corrected chi connectivity index (χ3v) is 11.7. The van der Waals surface area contributed by atoms with Crippen molar-refractivity contribution in [3.05, 3.63) is 207 Å². The zero-order valence-electron chi connectivity index (χ0n) is 32.3. The van der Waals surface area contributed by atoms with Crippen LogP contribution in [0.4, 0.5) is 0 Å². The van der Waals surface area contributed by atoms with Crippen molar-refractivity contribution in [3.8, 4) is 56.4 Å². The van der Waals surface area contributed by atoms with Gasteiger partial charge in [0.05, 0.1) is 33.5 Å². The van der Waals surface area contributed by atoms with E-state index in [1.807, 2.05) is 43.0 Å². The summed E-state index contributed by atoms with van der Waals surface area (Å²) in [6.45, 7) is 0. The fourth-order valence-corrected chi connectivity index (χ4v) is 8.95. The van der Waals surface area contributed by atoms with E-state index in [1.54, 1.807) is 0 Å². The highest BCUT2D eigenvalue weighted by Gasteiger charge is 2.19. The van der Waals surface area contributed by atoms with Gasteiger partial charge in [-0.1, -0.05) is 133 Å². The van der Waals surface area contributed by atoms with E-state index in [1.165, 1.54) is 16.3 Å². The Morgan fingerprint density at radius 3 is 1.50 bits per heavy atom. The number of fused-ring (bicyclic) bond motifs is 7. The average molecular weight is 767 g/mol.